The quantitative estimate of drug-likeness (QED) is 0.873. The highest BCUT2D eigenvalue weighted by atomic mass is 79.9. The van der Waals surface area contributed by atoms with Gasteiger partial charge in [0.1, 0.15) is 18.2 Å². The Balaban J connectivity index is 2.10. The van der Waals surface area contributed by atoms with Crippen molar-refractivity contribution in [3.63, 3.8) is 0 Å². The van der Waals surface area contributed by atoms with Gasteiger partial charge in [0.25, 0.3) is 0 Å². The first kappa shape index (κ1) is 14.8. The normalized spacial score (nSPS) is 10.3. The molecule has 0 heterocycles. The van der Waals surface area contributed by atoms with Crippen molar-refractivity contribution in [1.29, 1.82) is 0 Å². The second-order valence-corrected chi connectivity index (χ2v) is 5.25. The van der Waals surface area contributed by atoms with Crippen molar-refractivity contribution in [2.24, 2.45) is 0 Å². The lowest BCUT2D eigenvalue weighted by molar-refractivity contribution is 0.0697. The van der Waals surface area contributed by atoms with Gasteiger partial charge in [-0.2, -0.15) is 0 Å². The Bertz CT molecular complexity index is 661. The van der Waals surface area contributed by atoms with Gasteiger partial charge in [0.15, 0.2) is 0 Å². The standard InChI is InChI=1S/C14H9BrClFO3/c15-10-5-8(1-3-12(10)17)7-20-13-4-2-9(14(18)19)6-11(13)16/h1-6H,7H2,(H,18,19). The first-order chi connectivity index (χ1) is 9.47. The second-order valence-electron chi connectivity index (χ2n) is 3.99. The van der Waals surface area contributed by atoms with Crippen molar-refractivity contribution in [3.8, 4) is 5.75 Å². The van der Waals surface area contributed by atoms with E-state index in [1.54, 1.807) is 12.1 Å². The topological polar surface area (TPSA) is 46.5 Å². The number of aromatic carboxylic acids is 1. The molecule has 104 valence electrons. The summed E-state index contributed by atoms with van der Waals surface area (Å²) in [7, 11) is 0. The Kier molecular flexibility index (Phi) is 4.62. The van der Waals surface area contributed by atoms with Crippen LogP contribution in [0.25, 0.3) is 0 Å². The Morgan fingerprint density at radius 2 is 2.05 bits per heavy atom. The SMILES string of the molecule is O=C(O)c1ccc(OCc2ccc(F)c(Br)c2)c(Cl)c1. The maximum atomic E-state index is 13.1. The molecule has 2 rings (SSSR count). The van der Waals surface area contributed by atoms with Crippen LogP contribution in [-0.2, 0) is 6.61 Å². The molecule has 0 unspecified atom stereocenters. The van der Waals surface area contributed by atoms with Crippen LogP contribution in [0.1, 0.15) is 15.9 Å². The summed E-state index contributed by atoms with van der Waals surface area (Å²) in [6.45, 7) is 0.199. The third kappa shape index (κ3) is 3.49. The summed E-state index contributed by atoms with van der Waals surface area (Å²) in [5, 5.41) is 9.04. The number of carboxylic acids is 1. The summed E-state index contributed by atoms with van der Waals surface area (Å²) >= 11 is 9.03. The molecule has 1 N–H and O–H groups in total. The highest BCUT2D eigenvalue weighted by Crippen LogP contribution is 2.27. The summed E-state index contributed by atoms with van der Waals surface area (Å²) in [5.41, 5.74) is 0.850. The smallest absolute Gasteiger partial charge is 0.335 e. The van der Waals surface area contributed by atoms with Crippen LogP contribution >= 0.6 is 27.5 Å². The van der Waals surface area contributed by atoms with Gasteiger partial charge >= 0.3 is 5.97 Å². The molecule has 0 atom stereocenters. The molecule has 0 bridgehead atoms. The minimum absolute atomic E-state index is 0.0897. The van der Waals surface area contributed by atoms with E-state index in [0.717, 1.165) is 5.56 Å². The monoisotopic (exact) mass is 358 g/mol. The van der Waals surface area contributed by atoms with Crippen LogP contribution in [0, 0.1) is 5.82 Å². The van der Waals surface area contributed by atoms with Crippen molar-refractivity contribution >= 4 is 33.5 Å². The summed E-state index contributed by atoms with van der Waals surface area (Å²) in [6.07, 6.45) is 0. The molecule has 20 heavy (non-hydrogen) atoms. The molecule has 3 nitrogen and oxygen atoms in total. The zero-order chi connectivity index (χ0) is 14.7. The molecule has 0 fully saturated rings. The summed E-state index contributed by atoms with van der Waals surface area (Å²) in [4.78, 5) is 10.8. The van der Waals surface area contributed by atoms with Crippen LogP contribution in [-0.4, -0.2) is 11.1 Å². The number of rotatable bonds is 4. The number of ether oxygens (including phenoxy) is 1. The van der Waals surface area contributed by atoms with Crippen molar-refractivity contribution in [1.82, 2.24) is 0 Å². The van der Waals surface area contributed by atoms with E-state index in [1.807, 2.05) is 0 Å². The first-order valence-electron chi connectivity index (χ1n) is 5.57. The first-order valence-corrected chi connectivity index (χ1v) is 6.74. The van der Waals surface area contributed by atoms with Crippen molar-refractivity contribution in [2.45, 2.75) is 6.61 Å². The van der Waals surface area contributed by atoms with Crippen LogP contribution < -0.4 is 4.74 Å². The molecule has 2 aromatic carbocycles. The molecule has 0 amide bonds. The molecule has 2 aromatic rings. The lowest BCUT2D eigenvalue weighted by Crippen LogP contribution is -1.99. The predicted octanol–water partition coefficient (Wildman–Crippen LogP) is 4.52. The van der Waals surface area contributed by atoms with Gasteiger partial charge in [0.05, 0.1) is 15.1 Å². The van der Waals surface area contributed by atoms with E-state index in [-0.39, 0.29) is 23.0 Å². The maximum Gasteiger partial charge on any atom is 0.335 e. The molecule has 0 aliphatic rings. The molecule has 0 spiro atoms. The summed E-state index contributed by atoms with van der Waals surface area (Å²) in [6, 6.07) is 8.75. The second kappa shape index (κ2) is 6.24. The molecule has 0 aliphatic heterocycles. The van der Waals surface area contributed by atoms with Crippen LogP contribution in [0.3, 0.4) is 0 Å². The number of hydrogen-bond donors (Lipinski definition) is 1. The van der Waals surface area contributed by atoms with Gasteiger partial charge in [0, 0.05) is 0 Å². The molecule has 0 saturated carbocycles. The van der Waals surface area contributed by atoms with E-state index in [2.05, 4.69) is 15.9 Å². The third-order valence-electron chi connectivity index (χ3n) is 2.56. The molecular formula is C14H9BrClFO3. The Labute approximate surface area is 128 Å². The number of carbonyl (C=O) groups is 1. The van der Waals surface area contributed by atoms with E-state index in [1.165, 1.54) is 24.3 Å². The largest absolute Gasteiger partial charge is 0.487 e. The fourth-order valence-corrected chi connectivity index (χ4v) is 2.20. The van der Waals surface area contributed by atoms with E-state index >= 15 is 0 Å². The Morgan fingerprint density at radius 1 is 1.30 bits per heavy atom. The van der Waals surface area contributed by atoms with Gasteiger partial charge < -0.3 is 9.84 Å². The minimum atomic E-state index is -1.05. The van der Waals surface area contributed by atoms with Crippen LogP contribution in [0.4, 0.5) is 4.39 Å². The molecule has 0 aliphatic carbocycles. The molecule has 6 heteroatoms. The van der Waals surface area contributed by atoms with E-state index in [0.29, 0.717) is 10.2 Å². The zero-order valence-electron chi connectivity index (χ0n) is 10.1. The predicted molar refractivity (Wildman–Crippen MR) is 76.8 cm³/mol. The average molecular weight is 360 g/mol. The summed E-state index contributed by atoms with van der Waals surface area (Å²) < 4.78 is 18.9. The number of carboxylic acid groups (broad SMARTS) is 1. The van der Waals surface area contributed by atoms with Gasteiger partial charge in [-0.1, -0.05) is 17.7 Å². The summed E-state index contributed by atoms with van der Waals surface area (Å²) in [5.74, 6) is -1.03. The maximum absolute atomic E-state index is 13.1. The molecule has 0 radical (unpaired) electrons. The van der Waals surface area contributed by atoms with Gasteiger partial charge in [-0.15, -0.1) is 0 Å². The fourth-order valence-electron chi connectivity index (χ4n) is 1.54. The minimum Gasteiger partial charge on any atom is -0.487 e. The lowest BCUT2D eigenvalue weighted by atomic mass is 10.2. The Hall–Kier alpha value is -1.59. The van der Waals surface area contributed by atoms with Gasteiger partial charge in [-0.25, -0.2) is 9.18 Å². The van der Waals surface area contributed by atoms with Gasteiger partial charge in [-0.3, -0.25) is 0 Å². The lowest BCUT2D eigenvalue weighted by Gasteiger charge is -2.09. The highest BCUT2D eigenvalue weighted by molar-refractivity contribution is 9.10. The van der Waals surface area contributed by atoms with Gasteiger partial charge in [-0.05, 0) is 51.8 Å². The van der Waals surface area contributed by atoms with Crippen LogP contribution in [0.2, 0.25) is 5.02 Å². The zero-order valence-corrected chi connectivity index (χ0v) is 12.4. The van der Waals surface area contributed by atoms with Crippen molar-refractivity contribution in [3.05, 3.63) is 62.8 Å². The van der Waals surface area contributed by atoms with Gasteiger partial charge in [0.2, 0.25) is 0 Å². The number of benzene rings is 2. The Morgan fingerprint density at radius 3 is 2.65 bits per heavy atom. The third-order valence-corrected chi connectivity index (χ3v) is 3.46. The number of halogens is 3. The highest BCUT2D eigenvalue weighted by Gasteiger charge is 2.08. The van der Waals surface area contributed by atoms with E-state index in [4.69, 9.17) is 21.4 Å². The van der Waals surface area contributed by atoms with E-state index in [9.17, 15) is 9.18 Å². The van der Waals surface area contributed by atoms with Crippen LogP contribution in [0.5, 0.6) is 5.75 Å². The molecular weight excluding hydrogens is 351 g/mol. The van der Waals surface area contributed by atoms with E-state index < -0.39 is 5.97 Å². The van der Waals surface area contributed by atoms with Crippen LogP contribution in [0.15, 0.2) is 40.9 Å². The average Bonchev–Trinajstić information content (AvgIpc) is 2.41. The molecule has 0 aromatic heterocycles. The number of hydrogen-bond acceptors (Lipinski definition) is 2. The fraction of sp³-hybridized carbons (Fsp3) is 0.0714. The van der Waals surface area contributed by atoms with Crippen molar-refractivity contribution < 1.29 is 19.0 Å². The molecule has 0 saturated heterocycles. The van der Waals surface area contributed by atoms with Crippen molar-refractivity contribution in [2.75, 3.05) is 0 Å².